The maximum atomic E-state index is 6.06. The number of benzene rings is 1. The van der Waals surface area contributed by atoms with Gasteiger partial charge < -0.3 is 4.42 Å². The predicted octanol–water partition coefficient (Wildman–Crippen LogP) is 4.21. The molecule has 0 amide bonds. The molecule has 0 radical (unpaired) electrons. The van der Waals surface area contributed by atoms with E-state index >= 15 is 0 Å². The molecule has 0 saturated heterocycles. The Morgan fingerprint density at radius 3 is 2.76 bits per heavy atom. The number of aryl methyl sites for hydroxylation is 1. The summed E-state index contributed by atoms with van der Waals surface area (Å²) in [6, 6.07) is 5.28. The van der Waals surface area contributed by atoms with Gasteiger partial charge >= 0.3 is 0 Å². The molecule has 0 saturated carbocycles. The fourth-order valence-electron chi connectivity index (χ4n) is 1.35. The maximum Gasteiger partial charge on any atom is 0.249 e. The van der Waals surface area contributed by atoms with Gasteiger partial charge in [-0.1, -0.05) is 29.3 Å². The molecule has 1 heterocycles. The number of nitrogens with zero attached hydrogens (tertiary/aromatic N) is 2. The second-order valence-corrected chi connectivity index (χ2v) is 4.56. The number of halogens is 3. The van der Waals surface area contributed by atoms with Crippen molar-refractivity contribution in [2.24, 2.45) is 0 Å². The van der Waals surface area contributed by atoms with Gasteiger partial charge in [-0.2, -0.15) is 0 Å². The normalized spacial score (nSPS) is 10.8. The lowest BCUT2D eigenvalue weighted by atomic mass is 10.2. The van der Waals surface area contributed by atoms with Gasteiger partial charge in [0, 0.05) is 12.3 Å². The first kappa shape index (κ1) is 12.7. The highest BCUT2D eigenvalue weighted by molar-refractivity contribution is 6.43. The third-order valence-electron chi connectivity index (χ3n) is 2.17. The average Bonchev–Trinajstić information content (AvgIpc) is 2.78. The highest BCUT2D eigenvalue weighted by Gasteiger charge is 2.13. The SMILES string of the molecule is ClCCCc1nnc(-c2cccc(Cl)c2Cl)o1. The molecule has 1 aromatic heterocycles. The molecule has 0 atom stereocenters. The lowest BCUT2D eigenvalue weighted by Gasteiger charge is -1.99. The van der Waals surface area contributed by atoms with Crippen molar-refractivity contribution in [1.29, 1.82) is 0 Å². The van der Waals surface area contributed by atoms with Crippen LogP contribution in [0.2, 0.25) is 10.0 Å². The summed E-state index contributed by atoms with van der Waals surface area (Å²) in [6.07, 6.45) is 1.46. The first-order chi connectivity index (χ1) is 8.22. The summed E-state index contributed by atoms with van der Waals surface area (Å²) in [5.41, 5.74) is 0.642. The highest BCUT2D eigenvalue weighted by atomic mass is 35.5. The van der Waals surface area contributed by atoms with E-state index in [1.807, 2.05) is 0 Å². The molecule has 0 fully saturated rings. The lowest BCUT2D eigenvalue weighted by molar-refractivity contribution is 0.502. The van der Waals surface area contributed by atoms with Crippen molar-refractivity contribution in [2.45, 2.75) is 12.8 Å². The Hall–Kier alpha value is -0.770. The molecule has 0 N–H and O–H groups in total. The van der Waals surface area contributed by atoms with Crippen molar-refractivity contribution in [3.63, 3.8) is 0 Å². The van der Waals surface area contributed by atoms with E-state index in [0.717, 1.165) is 6.42 Å². The molecule has 0 bridgehead atoms. The monoisotopic (exact) mass is 290 g/mol. The van der Waals surface area contributed by atoms with Crippen LogP contribution in [0.3, 0.4) is 0 Å². The minimum Gasteiger partial charge on any atom is -0.421 e. The topological polar surface area (TPSA) is 38.9 Å². The molecule has 17 heavy (non-hydrogen) atoms. The highest BCUT2D eigenvalue weighted by Crippen LogP contribution is 2.32. The van der Waals surface area contributed by atoms with Crippen LogP contribution in [0.5, 0.6) is 0 Å². The standard InChI is InChI=1S/C11H9Cl3N2O/c12-6-2-5-9-15-16-11(17-9)7-3-1-4-8(13)10(7)14/h1,3-4H,2,5-6H2. The van der Waals surface area contributed by atoms with E-state index in [9.17, 15) is 0 Å². The Balaban J connectivity index is 2.27. The largest absolute Gasteiger partial charge is 0.421 e. The third kappa shape index (κ3) is 2.92. The van der Waals surface area contributed by atoms with Gasteiger partial charge in [0.2, 0.25) is 11.8 Å². The molecule has 0 aliphatic rings. The number of rotatable bonds is 4. The second kappa shape index (κ2) is 5.71. The van der Waals surface area contributed by atoms with Gasteiger partial charge in [0.15, 0.2) is 0 Å². The van der Waals surface area contributed by atoms with Crippen LogP contribution in [0.4, 0.5) is 0 Å². The average molecular weight is 292 g/mol. The van der Waals surface area contributed by atoms with Crippen molar-refractivity contribution >= 4 is 34.8 Å². The summed E-state index contributed by atoms with van der Waals surface area (Å²) in [5.74, 6) is 1.49. The number of hydrogen-bond donors (Lipinski definition) is 0. The maximum absolute atomic E-state index is 6.06. The molecule has 0 unspecified atom stereocenters. The van der Waals surface area contributed by atoms with E-state index < -0.39 is 0 Å². The first-order valence-corrected chi connectivity index (χ1v) is 6.34. The van der Waals surface area contributed by atoms with E-state index in [0.29, 0.717) is 39.7 Å². The molecule has 2 rings (SSSR count). The second-order valence-electron chi connectivity index (χ2n) is 3.39. The molecular formula is C11H9Cl3N2O. The Morgan fingerprint density at radius 2 is 2.00 bits per heavy atom. The molecule has 0 aliphatic carbocycles. The number of hydrogen-bond acceptors (Lipinski definition) is 3. The van der Waals surface area contributed by atoms with Crippen LogP contribution >= 0.6 is 34.8 Å². The van der Waals surface area contributed by atoms with Gasteiger partial charge in [-0.15, -0.1) is 21.8 Å². The summed E-state index contributed by atoms with van der Waals surface area (Å²) >= 11 is 17.6. The number of alkyl halides is 1. The lowest BCUT2D eigenvalue weighted by Crippen LogP contribution is -1.85. The molecule has 90 valence electrons. The van der Waals surface area contributed by atoms with Crippen molar-refractivity contribution in [3.8, 4) is 11.5 Å². The van der Waals surface area contributed by atoms with E-state index in [4.69, 9.17) is 39.2 Å². The minimum absolute atomic E-state index is 0.377. The van der Waals surface area contributed by atoms with E-state index in [1.54, 1.807) is 18.2 Å². The van der Waals surface area contributed by atoms with Gasteiger partial charge in [0.1, 0.15) is 0 Å². The van der Waals surface area contributed by atoms with Gasteiger partial charge in [-0.25, -0.2) is 0 Å². The Bertz CT molecular complexity index is 513. The van der Waals surface area contributed by atoms with Gasteiger partial charge in [-0.05, 0) is 18.6 Å². The summed E-state index contributed by atoms with van der Waals surface area (Å²) in [6.45, 7) is 0. The third-order valence-corrected chi connectivity index (χ3v) is 3.26. The van der Waals surface area contributed by atoms with Crippen LogP contribution in [0.15, 0.2) is 22.6 Å². The Labute approximate surface area is 114 Å². The predicted molar refractivity (Wildman–Crippen MR) is 68.8 cm³/mol. The Kier molecular flexibility index (Phi) is 4.26. The van der Waals surface area contributed by atoms with Crippen molar-refractivity contribution in [1.82, 2.24) is 10.2 Å². The fourth-order valence-corrected chi connectivity index (χ4v) is 1.87. The van der Waals surface area contributed by atoms with Crippen LogP contribution in [-0.2, 0) is 6.42 Å². The molecule has 1 aromatic carbocycles. The summed E-state index contributed by atoms with van der Waals surface area (Å²) in [4.78, 5) is 0. The van der Waals surface area contributed by atoms with Crippen molar-refractivity contribution in [3.05, 3.63) is 34.1 Å². The van der Waals surface area contributed by atoms with Crippen LogP contribution in [0.25, 0.3) is 11.5 Å². The van der Waals surface area contributed by atoms with Gasteiger partial charge in [0.25, 0.3) is 0 Å². The van der Waals surface area contributed by atoms with Crippen LogP contribution < -0.4 is 0 Å². The first-order valence-electron chi connectivity index (χ1n) is 5.05. The molecule has 0 spiro atoms. The summed E-state index contributed by atoms with van der Waals surface area (Å²) in [5, 5.41) is 8.74. The minimum atomic E-state index is 0.377. The fraction of sp³-hybridized carbons (Fsp3) is 0.273. The molecule has 2 aromatic rings. The molecule has 3 nitrogen and oxygen atoms in total. The Morgan fingerprint density at radius 1 is 1.18 bits per heavy atom. The quantitative estimate of drug-likeness (QED) is 0.792. The van der Waals surface area contributed by atoms with Gasteiger partial charge in [0.05, 0.1) is 15.6 Å². The van der Waals surface area contributed by atoms with E-state index in [2.05, 4.69) is 10.2 Å². The zero-order valence-electron chi connectivity index (χ0n) is 8.79. The molecular weight excluding hydrogens is 282 g/mol. The van der Waals surface area contributed by atoms with E-state index in [1.165, 1.54) is 0 Å². The number of aromatic nitrogens is 2. The van der Waals surface area contributed by atoms with Crippen LogP contribution in [0, 0.1) is 0 Å². The summed E-state index contributed by atoms with van der Waals surface area (Å²) in [7, 11) is 0. The zero-order chi connectivity index (χ0) is 12.3. The van der Waals surface area contributed by atoms with Crippen LogP contribution in [-0.4, -0.2) is 16.1 Å². The van der Waals surface area contributed by atoms with Crippen LogP contribution in [0.1, 0.15) is 12.3 Å². The summed E-state index contributed by atoms with van der Waals surface area (Å²) < 4.78 is 5.48. The van der Waals surface area contributed by atoms with Crippen molar-refractivity contribution in [2.75, 3.05) is 5.88 Å². The molecule has 6 heteroatoms. The van der Waals surface area contributed by atoms with Gasteiger partial charge in [-0.3, -0.25) is 0 Å². The zero-order valence-corrected chi connectivity index (χ0v) is 11.1. The smallest absolute Gasteiger partial charge is 0.249 e. The molecule has 0 aliphatic heterocycles. The van der Waals surface area contributed by atoms with E-state index in [-0.39, 0.29) is 0 Å². The van der Waals surface area contributed by atoms with Crippen molar-refractivity contribution < 1.29 is 4.42 Å².